The van der Waals surface area contributed by atoms with Crippen LogP contribution in [0.15, 0.2) is 23.4 Å². The smallest absolute Gasteiger partial charge is 0.383 e. The second-order valence-corrected chi connectivity index (χ2v) is 8.48. The molecule has 1 aliphatic heterocycles. The summed E-state index contributed by atoms with van der Waals surface area (Å²) in [6.45, 7) is 6.27. The number of nitrogens with one attached hydrogen (secondary N) is 1. The Morgan fingerprint density at radius 1 is 1.35 bits per heavy atom. The van der Waals surface area contributed by atoms with Gasteiger partial charge in [0, 0.05) is 19.3 Å². The summed E-state index contributed by atoms with van der Waals surface area (Å²) in [4.78, 5) is 31.0. The maximum atomic E-state index is 13.2. The lowest BCUT2D eigenvalue weighted by Gasteiger charge is -2.31. The predicted molar refractivity (Wildman–Crippen MR) is 111 cm³/mol. The number of carbonyl (C=O) groups is 2. The van der Waals surface area contributed by atoms with E-state index in [1.54, 1.807) is 14.0 Å². The molecule has 0 saturated heterocycles. The summed E-state index contributed by atoms with van der Waals surface area (Å²) in [5, 5.41) is 2.44. The Kier molecular flexibility index (Phi) is 6.65. The van der Waals surface area contributed by atoms with Crippen molar-refractivity contribution in [3.8, 4) is 0 Å². The number of halogens is 3. The first-order valence-corrected chi connectivity index (χ1v) is 10.4. The van der Waals surface area contributed by atoms with Gasteiger partial charge in [-0.05, 0) is 39.0 Å². The van der Waals surface area contributed by atoms with Crippen LogP contribution in [0.5, 0.6) is 0 Å². The van der Waals surface area contributed by atoms with Crippen molar-refractivity contribution in [3.63, 3.8) is 0 Å². The van der Waals surface area contributed by atoms with Crippen LogP contribution in [0.4, 0.5) is 24.5 Å². The second kappa shape index (κ2) is 8.91. The predicted octanol–water partition coefficient (Wildman–Crippen LogP) is 3.63. The molecule has 0 fully saturated rings. The molecule has 0 saturated carbocycles. The Morgan fingerprint density at radius 3 is 2.71 bits per heavy atom. The molecule has 7 nitrogen and oxygen atoms in total. The minimum Gasteiger partial charge on any atom is -0.383 e. The van der Waals surface area contributed by atoms with Gasteiger partial charge in [-0.25, -0.2) is 4.98 Å². The van der Waals surface area contributed by atoms with E-state index in [1.807, 2.05) is 18.4 Å². The van der Waals surface area contributed by atoms with Gasteiger partial charge in [-0.1, -0.05) is 11.8 Å². The lowest BCUT2D eigenvalue weighted by molar-refractivity contribution is -0.137. The van der Waals surface area contributed by atoms with Crippen molar-refractivity contribution < 1.29 is 27.5 Å². The van der Waals surface area contributed by atoms with Crippen LogP contribution in [0, 0.1) is 13.8 Å². The fourth-order valence-electron chi connectivity index (χ4n) is 3.25. The molecule has 1 unspecified atom stereocenters. The largest absolute Gasteiger partial charge is 0.416 e. The molecule has 0 radical (unpaired) electrons. The number of hydrogen-bond acceptors (Lipinski definition) is 5. The second-order valence-electron chi connectivity index (χ2n) is 7.17. The summed E-state index contributed by atoms with van der Waals surface area (Å²) >= 11 is 1.23. The van der Waals surface area contributed by atoms with Crippen molar-refractivity contribution in [1.29, 1.82) is 0 Å². The number of alkyl halides is 3. The summed E-state index contributed by atoms with van der Waals surface area (Å²) < 4.78 is 46.2. The van der Waals surface area contributed by atoms with E-state index in [1.165, 1.54) is 22.7 Å². The molecule has 1 N–H and O–H groups in total. The van der Waals surface area contributed by atoms with Gasteiger partial charge < -0.3 is 14.6 Å². The van der Waals surface area contributed by atoms with Gasteiger partial charge in [0.2, 0.25) is 11.8 Å². The van der Waals surface area contributed by atoms with E-state index in [2.05, 4.69) is 10.3 Å². The lowest BCUT2D eigenvalue weighted by atomic mass is 10.1. The highest BCUT2D eigenvalue weighted by Crippen LogP contribution is 2.38. The van der Waals surface area contributed by atoms with Gasteiger partial charge >= 0.3 is 6.18 Å². The molecule has 168 valence electrons. The molecule has 2 heterocycles. The zero-order valence-corrected chi connectivity index (χ0v) is 18.4. The molecule has 3 rings (SSSR count). The van der Waals surface area contributed by atoms with Crippen molar-refractivity contribution in [2.24, 2.45) is 0 Å². The van der Waals surface area contributed by atoms with Crippen LogP contribution in [0.2, 0.25) is 0 Å². The number of carbonyl (C=O) groups excluding carboxylic acids is 2. The van der Waals surface area contributed by atoms with E-state index in [9.17, 15) is 22.8 Å². The Morgan fingerprint density at radius 2 is 2.06 bits per heavy atom. The number of aromatic nitrogens is 2. The van der Waals surface area contributed by atoms with Crippen molar-refractivity contribution in [2.75, 3.05) is 30.5 Å². The zero-order chi connectivity index (χ0) is 22.9. The minimum absolute atomic E-state index is 0.0371. The number of hydrogen-bond donors (Lipinski definition) is 1. The Bertz CT molecular complexity index is 1010. The lowest BCUT2D eigenvalue weighted by Crippen LogP contribution is -2.45. The van der Waals surface area contributed by atoms with Crippen LogP contribution in [-0.4, -0.2) is 46.9 Å². The summed E-state index contributed by atoms with van der Waals surface area (Å²) in [5.41, 5.74) is 1.10. The molecule has 2 aromatic rings. The Labute approximate surface area is 182 Å². The number of anilines is 2. The fraction of sp³-hybridized carbons (Fsp3) is 0.450. The first-order valence-electron chi connectivity index (χ1n) is 9.54. The SMILES string of the molecule is COCCn1c(SC(C)C(=O)N2CC(=O)Nc3cc(C(F)(F)F)ccc32)nc(C)c1C. The molecular weight excluding hydrogens is 433 g/mol. The van der Waals surface area contributed by atoms with Gasteiger partial charge in [0.05, 0.1) is 34.5 Å². The quantitative estimate of drug-likeness (QED) is 0.672. The fourth-order valence-corrected chi connectivity index (χ4v) is 4.34. The van der Waals surface area contributed by atoms with Crippen LogP contribution < -0.4 is 10.2 Å². The topological polar surface area (TPSA) is 76.5 Å². The van der Waals surface area contributed by atoms with E-state index in [4.69, 9.17) is 4.74 Å². The van der Waals surface area contributed by atoms with Gasteiger partial charge in [0.1, 0.15) is 6.54 Å². The molecule has 0 spiro atoms. The number of ether oxygens (including phenoxy) is 1. The number of benzene rings is 1. The third kappa shape index (κ3) is 4.87. The summed E-state index contributed by atoms with van der Waals surface area (Å²) in [6, 6.07) is 2.95. The van der Waals surface area contributed by atoms with Gasteiger partial charge in [0.15, 0.2) is 5.16 Å². The van der Waals surface area contributed by atoms with Crippen LogP contribution >= 0.6 is 11.8 Å². The van der Waals surface area contributed by atoms with Gasteiger partial charge in [0.25, 0.3) is 0 Å². The van der Waals surface area contributed by atoms with Gasteiger partial charge in [-0.2, -0.15) is 13.2 Å². The minimum atomic E-state index is -4.55. The highest BCUT2D eigenvalue weighted by atomic mass is 32.2. The summed E-state index contributed by atoms with van der Waals surface area (Å²) in [5.74, 6) is -0.942. The number of aryl methyl sites for hydroxylation is 1. The normalized spacial score (nSPS) is 14.9. The third-order valence-electron chi connectivity index (χ3n) is 5.03. The van der Waals surface area contributed by atoms with E-state index < -0.39 is 28.8 Å². The molecule has 1 atom stereocenters. The van der Waals surface area contributed by atoms with E-state index >= 15 is 0 Å². The number of amides is 2. The monoisotopic (exact) mass is 456 g/mol. The van der Waals surface area contributed by atoms with Gasteiger partial charge in [-0.15, -0.1) is 0 Å². The molecule has 0 bridgehead atoms. The maximum Gasteiger partial charge on any atom is 0.416 e. The number of rotatable bonds is 6. The molecule has 2 amide bonds. The van der Waals surface area contributed by atoms with Crippen LogP contribution in [0.1, 0.15) is 23.9 Å². The Hall–Kier alpha value is -2.53. The van der Waals surface area contributed by atoms with Crippen molar-refractivity contribution in [1.82, 2.24) is 9.55 Å². The average molecular weight is 456 g/mol. The van der Waals surface area contributed by atoms with E-state index in [-0.39, 0.29) is 17.9 Å². The summed E-state index contributed by atoms with van der Waals surface area (Å²) in [6.07, 6.45) is -4.55. The average Bonchev–Trinajstić information content (AvgIpc) is 2.96. The zero-order valence-electron chi connectivity index (χ0n) is 17.5. The number of imidazole rings is 1. The maximum absolute atomic E-state index is 13.2. The number of fused-ring (bicyclic) bond motifs is 1. The first-order chi connectivity index (χ1) is 14.5. The first kappa shape index (κ1) is 23.1. The molecule has 0 aliphatic carbocycles. The highest BCUT2D eigenvalue weighted by Gasteiger charge is 2.35. The van der Waals surface area contributed by atoms with Crippen LogP contribution in [-0.2, 0) is 27.0 Å². The standard InChI is InChI=1S/C20H23F3N4O3S/c1-11-12(2)26(7-8-30-4)19(24-11)31-13(3)18(29)27-10-17(28)25-15-9-14(20(21,22)23)5-6-16(15)27/h5-6,9,13H,7-8,10H2,1-4H3,(H,25,28). The molecule has 1 aromatic heterocycles. The number of methoxy groups -OCH3 is 1. The van der Waals surface area contributed by atoms with Crippen molar-refractivity contribution in [2.45, 2.75) is 43.9 Å². The van der Waals surface area contributed by atoms with Gasteiger partial charge in [-0.3, -0.25) is 14.5 Å². The van der Waals surface area contributed by atoms with Crippen LogP contribution in [0.25, 0.3) is 0 Å². The van der Waals surface area contributed by atoms with E-state index in [0.717, 1.165) is 23.5 Å². The third-order valence-corrected chi connectivity index (χ3v) is 6.11. The number of thioether (sulfide) groups is 1. The highest BCUT2D eigenvalue weighted by molar-refractivity contribution is 8.00. The molecule has 1 aliphatic rings. The molecule has 1 aromatic carbocycles. The van der Waals surface area contributed by atoms with E-state index in [0.29, 0.717) is 18.3 Å². The van der Waals surface area contributed by atoms with Crippen molar-refractivity contribution >= 4 is 35.0 Å². The number of nitrogens with zero attached hydrogens (tertiary/aromatic N) is 3. The molecule has 11 heteroatoms. The molecule has 31 heavy (non-hydrogen) atoms. The van der Waals surface area contributed by atoms with Crippen molar-refractivity contribution in [3.05, 3.63) is 35.2 Å². The van der Waals surface area contributed by atoms with Crippen LogP contribution in [0.3, 0.4) is 0 Å². The Balaban J connectivity index is 1.85. The molecular formula is C20H23F3N4O3S. The summed E-state index contributed by atoms with van der Waals surface area (Å²) in [7, 11) is 1.60.